The lowest BCUT2D eigenvalue weighted by molar-refractivity contribution is -0.128. The summed E-state index contributed by atoms with van der Waals surface area (Å²) in [4.78, 5) is 29.7. The Bertz CT molecular complexity index is 1390. The number of carbonyl (C=O) groups is 2. The molecule has 2 aromatic carbocycles. The zero-order chi connectivity index (χ0) is 24.5. The molecule has 4 rings (SSSR count). The molecule has 2 heterocycles. The number of aromatic nitrogens is 3. The first-order valence-electron chi connectivity index (χ1n) is 10.9. The van der Waals surface area contributed by atoms with Gasteiger partial charge in [-0.25, -0.2) is 4.68 Å². The van der Waals surface area contributed by atoms with Gasteiger partial charge in [0.1, 0.15) is 0 Å². The number of nitrogens with zero attached hydrogens (tertiary/aromatic N) is 3. The molecule has 0 atom stereocenters. The van der Waals surface area contributed by atoms with Crippen LogP contribution in [0, 0.1) is 12.3 Å². The second-order valence-electron chi connectivity index (χ2n) is 9.10. The summed E-state index contributed by atoms with van der Waals surface area (Å²) >= 11 is 6.34. The van der Waals surface area contributed by atoms with Crippen molar-refractivity contribution < 1.29 is 9.59 Å². The van der Waals surface area contributed by atoms with Gasteiger partial charge in [-0.2, -0.15) is 5.10 Å². The van der Waals surface area contributed by atoms with Crippen molar-refractivity contribution in [2.45, 2.75) is 34.2 Å². The summed E-state index contributed by atoms with van der Waals surface area (Å²) in [6.45, 7) is 7.78. The third-order valence-electron chi connectivity index (χ3n) is 5.48. The molecule has 2 amide bonds. The molecule has 0 radical (unpaired) electrons. The van der Waals surface area contributed by atoms with Gasteiger partial charge < -0.3 is 10.6 Å². The van der Waals surface area contributed by atoms with E-state index in [4.69, 9.17) is 11.6 Å². The first kappa shape index (κ1) is 26.2. The van der Waals surface area contributed by atoms with Gasteiger partial charge in [0.25, 0.3) is 5.91 Å². The quantitative estimate of drug-likeness (QED) is 0.358. The van der Waals surface area contributed by atoms with Gasteiger partial charge in [-0.1, -0.05) is 44.5 Å². The van der Waals surface area contributed by atoms with Crippen molar-refractivity contribution in [3.05, 3.63) is 82.8 Å². The van der Waals surface area contributed by atoms with Crippen molar-refractivity contribution in [2.24, 2.45) is 5.41 Å². The highest BCUT2D eigenvalue weighted by Crippen LogP contribution is 2.27. The van der Waals surface area contributed by atoms with E-state index in [9.17, 15) is 9.59 Å². The average Bonchev–Trinajstić information content (AvgIpc) is 3.23. The Morgan fingerprint density at radius 1 is 1.09 bits per heavy atom. The maximum atomic E-state index is 13.1. The molecule has 0 unspecified atom stereocenters. The Balaban J connectivity index is 0.00000342. The van der Waals surface area contributed by atoms with Crippen LogP contribution in [-0.4, -0.2) is 26.6 Å². The lowest BCUT2D eigenvalue weighted by Crippen LogP contribution is -2.34. The number of nitrogens with one attached hydrogen (secondary N) is 2. The Kier molecular flexibility index (Phi) is 7.83. The average molecular weight is 512 g/mol. The zero-order valence-electron chi connectivity index (χ0n) is 19.9. The summed E-state index contributed by atoms with van der Waals surface area (Å²) in [7, 11) is 0. The fourth-order valence-corrected chi connectivity index (χ4v) is 3.75. The van der Waals surface area contributed by atoms with Gasteiger partial charge in [-0.05, 0) is 48.9 Å². The van der Waals surface area contributed by atoms with Crippen molar-refractivity contribution in [3.8, 4) is 5.69 Å². The number of benzene rings is 2. The first-order chi connectivity index (χ1) is 16.1. The Labute approximate surface area is 215 Å². The van der Waals surface area contributed by atoms with Crippen LogP contribution >= 0.6 is 24.0 Å². The van der Waals surface area contributed by atoms with Gasteiger partial charge in [0.05, 0.1) is 39.4 Å². The van der Waals surface area contributed by atoms with E-state index >= 15 is 0 Å². The number of fused-ring (bicyclic) bond motifs is 1. The molecule has 2 N–H and O–H groups in total. The minimum Gasteiger partial charge on any atom is -0.352 e. The molecule has 2 aromatic heterocycles. The third kappa shape index (κ3) is 5.63. The topological polar surface area (TPSA) is 88.9 Å². The molecule has 9 heteroatoms. The van der Waals surface area contributed by atoms with E-state index in [2.05, 4.69) is 20.7 Å². The van der Waals surface area contributed by atoms with Crippen LogP contribution in [0.15, 0.2) is 60.9 Å². The second-order valence-corrected chi connectivity index (χ2v) is 9.51. The maximum absolute atomic E-state index is 13.1. The lowest BCUT2D eigenvalue weighted by atomic mass is 9.95. The molecule has 0 aliphatic heterocycles. The van der Waals surface area contributed by atoms with Gasteiger partial charge in [0, 0.05) is 23.5 Å². The smallest absolute Gasteiger partial charge is 0.257 e. The van der Waals surface area contributed by atoms with Crippen LogP contribution in [0.4, 0.5) is 5.69 Å². The van der Waals surface area contributed by atoms with Crippen LogP contribution < -0.4 is 10.6 Å². The van der Waals surface area contributed by atoms with Gasteiger partial charge in [0.2, 0.25) is 5.91 Å². The van der Waals surface area contributed by atoms with Gasteiger partial charge in [0.15, 0.2) is 0 Å². The molecular weight excluding hydrogens is 485 g/mol. The molecule has 0 aliphatic carbocycles. The van der Waals surface area contributed by atoms with E-state index < -0.39 is 5.41 Å². The molecule has 4 aromatic rings. The summed E-state index contributed by atoms with van der Waals surface area (Å²) in [6, 6.07) is 14.6. The van der Waals surface area contributed by atoms with Crippen molar-refractivity contribution >= 4 is 52.4 Å². The normalized spacial score (nSPS) is 11.1. The van der Waals surface area contributed by atoms with E-state index in [1.54, 1.807) is 35.3 Å². The van der Waals surface area contributed by atoms with Gasteiger partial charge in [-0.3, -0.25) is 14.6 Å². The molecule has 182 valence electrons. The SMILES string of the molecule is Cc1ncccc1-n1ncc2c(NC(=O)c3cc(CNC(=O)C(C)(C)C)ccc3Cl)cccc21.Cl. The number of anilines is 1. The van der Waals surface area contributed by atoms with Gasteiger partial charge >= 0.3 is 0 Å². The van der Waals surface area contributed by atoms with Crippen LogP contribution in [-0.2, 0) is 11.3 Å². The summed E-state index contributed by atoms with van der Waals surface area (Å²) in [5.74, 6) is -0.409. The molecule has 0 bridgehead atoms. The first-order valence-corrected chi connectivity index (χ1v) is 11.3. The van der Waals surface area contributed by atoms with Crippen LogP contribution in [0.2, 0.25) is 5.02 Å². The van der Waals surface area contributed by atoms with Crippen molar-refractivity contribution in [3.63, 3.8) is 0 Å². The van der Waals surface area contributed by atoms with Crippen LogP contribution in [0.1, 0.15) is 42.4 Å². The summed E-state index contributed by atoms with van der Waals surface area (Å²) in [5.41, 5.74) is 3.81. The predicted octanol–water partition coefficient (Wildman–Crippen LogP) is 5.72. The number of hydrogen-bond donors (Lipinski definition) is 2. The van der Waals surface area contributed by atoms with Crippen LogP contribution in [0.5, 0.6) is 0 Å². The van der Waals surface area contributed by atoms with Crippen LogP contribution in [0.25, 0.3) is 16.6 Å². The number of aryl methyl sites for hydroxylation is 1. The molecule has 0 saturated heterocycles. The van der Waals surface area contributed by atoms with E-state index in [1.807, 2.05) is 58.0 Å². The highest BCUT2D eigenvalue weighted by Gasteiger charge is 2.21. The minimum absolute atomic E-state index is 0. The van der Waals surface area contributed by atoms with Crippen molar-refractivity contribution in [2.75, 3.05) is 5.32 Å². The predicted molar refractivity (Wildman–Crippen MR) is 142 cm³/mol. The van der Waals surface area contributed by atoms with Crippen LogP contribution in [0.3, 0.4) is 0 Å². The number of pyridine rings is 1. The molecule has 0 fully saturated rings. The monoisotopic (exact) mass is 511 g/mol. The molecular formula is C26H27Cl2N5O2. The van der Waals surface area contributed by atoms with E-state index in [0.29, 0.717) is 22.8 Å². The highest BCUT2D eigenvalue weighted by atomic mass is 35.5. The Morgan fingerprint density at radius 2 is 1.86 bits per heavy atom. The maximum Gasteiger partial charge on any atom is 0.257 e. The second kappa shape index (κ2) is 10.5. The fourth-order valence-electron chi connectivity index (χ4n) is 3.55. The van der Waals surface area contributed by atoms with E-state index in [-0.39, 0.29) is 24.2 Å². The Morgan fingerprint density at radius 3 is 2.57 bits per heavy atom. The van der Waals surface area contributed by atoms with E-state index in [1.165, 1.54) is 0 Å². The van der Waals surface area contributed by atoms with Crippen molar-refractivity contribution in [1.82, 2.24) is 20.1 Å². The number of carbonyl (C=O) groups excluding carboxylic acids is 2. The molecule has 0 saturated carbocycles. The highest BCUT2D eigenvalue weighted by molar-refractivity contribution is 6.34. The summed E-state index contributed by atoms with van der Waals surface area (Å²) in [6.07, 6.45) is 3.46. The molecule has 0 aliphatic rings. The largest absolute Gasteiger partial charge is 0.352 e. The number of halogens is 2. The zero-order valence-corrected chi connectivity index (χ0v) is 21.5. The minimum atomic E-state index is -0.496. The van der Waals surface area contributed by atoms with Gasteiger partial charge in [-0.15, -0.1) is 12.4 Å². The van der Waals surface area contributed by atoms with E-state index in [0.717, 1.165) is 27.8 Å². The number of rotatable bonds is 5. The lowest BCUT2D eigenvalue weighted by Gasteiger charge is -2.18. The standard InChI is InChI=1S/C26H26ClN5O2.ClH/c1-16-22(9-6-12-28-16)32-23-8-5-7-21(19(23)15-30-32)31-24(33)18-13-17(10-11-20(18)27)14-29-25(34)26(2,3)4;/h5-13,15H,14H2,1-4H3,(H,29,34)(H,31,33);1H. The molecule has 35 heavy (non-hydrogen) atoms. The summed E-state index contributed by atoms with van der Waals surface area (Å²) < 4.78 is 1.80. The third-order valence-corrected chi connectivity index (χ3v) is 5.81. The fraction of sp³-hybridized carbons (Fsp3) is 0.231. The molecule has 0 spiro atoms. The number of amides is 2. The molecule has 7 nitrogen and oxygen atoms in total. The van der Waals surface area contributed by atoms with Crippen molar-refractivity contribution in [1.29, 1.82) is 0 Å². The summed E-state index contributed by atoms with van der Waals surface area (Å²) in [5, 5.41) is 11.5. The Hall–Kier alpha value is -3.42. The number of hydrogen-bond acceptors (Lipinski definition) is 4.